The lowest BCUT2D eigenvalue weighted by Crippen LogP contribution is -2.20. The van der Waals surface area contributed by atoms with Gasteiger partial charge in [0.15, 0.2) is 17.4 Å². The summed E-state index contributed by atoms with van der Waals surface area (Å²) in [6.07, 6.45) is 0. The summed E-state index contributed by atoms with van der Waals surface area (Å²) in [6.45, 7) is 3.96. The van der Waals surface area contributed by atoms with E-state index in [0.29, 0.717) is 0 Å². The quantitative estimate of drug-likeness (QED) is 0.925. The molecule has 0 bridgehead atoms. The summed E-state index contributed by atoms with van der Waals surface area (Å²) in [7, 11) is 0. The Kier molecular flexibility index (Phi) is 4.35. The minimum Gasteiger partial charge on any atom is -0.486 e. The first-order valence-corrected chi connectivity index (χ1v) is 6.38. The van der Waals surface area contributed by atoms with Gasteiger partial charge in [-0.05, 0) is 31.5 Å². The first-order chi connectivity index (χ1) is 9.47. The maximum atomic E-state index is 13.4. The van der Waals surface area contributed by atoms with E-state index in [2.05, 4.69) is 0 Å². The molecule has 0 spiro atoms. The molecule has 1 atom stereocenters. The minimum absolute atomic E-state index is 0.0146. The first-order valence-electron chi connectivity index (χ1n) is 6.38. The molecule has 1 unspecified atom stereocenters. The van der Waals surface area contributed by atoms with E-state index in [1.165, 1.54) is 6.07 Å². The lowest BCUT2D eigenvalue weighted by molar-refractivity contribution is 0.263. The Bertz CT molecular complexity index is 573. The van der Waals surface area contributed by atoms with Crippen LogP contribution in [-0.2, 0) is 0 Å². The molecule has 0 aliphatic carbocycles. The summed E-state index contributed by atoms with van der Waals surface area (Å²) in [5.74, 6) is -1.83. The van der Waals surface area contributed by atoms with Crippen molar-refractivity contribution in [2.24, 2.45) is 5.73 Å². The van der Waals surface area contributed by atoms with Crippen LogP contribution >= 0.6 is 0 Å². The third-order valence-electron chi connectivity index (χ3n) is 3.00. The lowest BCUT2D eigenvalue weighted by Gasteiger charge is -2.15. The number of aryl methyl sites for hydroxylation is 2. The van der Waals surface area contributed by atoms with Crippen molar-refractivity contribution >= 4 is 0 Å². The maximum Gasteiger partial charge on any atom is 0.190 e. The number of ether oxygens (including phenoxy) is 1. The van der Waals surface area contributed by atoms with Crippen molar-refractivity contribution in [1.29, 1.82) is 0 Å². The predicted molar refractivity (Wildman–Crippen MR) is 74.7 cm³/mol. The summed E-state index contributed by atoms with van der Waals surface area (Å²) in [4.78, 5) is 0. The highest BCUT2D eigenvalue weighted by molar-refractivity contribution is 5.31. The van der Waals surface area contributed by atoms with Crippen LogP contribution in [0.25, 0.3) is 0 Å². The normalized spacial score (nSPS) is 12.2. The highest BCUT2D eigenvalue weighted by Crippen LogP contribution is 2.23. The molecule has 2 N–H and O–H groups in total. The van der Waals surface area contributed by atoms with Gasteiger partial charge in [0.05, 0.1) is 6.04 Å². The zero-order valence-electron chi connectivity index (χ0n) is 11.5. The molecular formula is C16H17F2NO. The average Bonchev–Trinajstić information content (AvgIpc) is 2.36. The first kappa shape index (κ1) is 14.5. The number of hydrogen-bond donors (Lipinski definition) is 1. The van der Waals surface area contributed by atoms with Gasteiger partial charge in [-0.1, -0.05) is 35.4 Å². The number of nitrogens with two attached hydrogens (primary N) is 1. The van der Waals surface area contributed by atoms with E-state index >= 15 is 0 Å². The van der Waals surface area contributed by atoms with Gasteiger partial charge in [0, 0.05) is 0 Å². The van der Waals surface area contributed by atoms with Crippen LogP contribution in [-0.4, -0.2) is 6.61 Å². The molecule has 20 heavy (non-hydrogen) atoms. The number of rotatable bonds is 4. The molecule has 2 aromatic rings. The fourth-order valence-electron chi connectivity index (χ4n) is 2.11. The van der Waals surface area contributed by atoms with E-state index in [9.17, 15) is 8.78 Å². The number of para-hydroxylation sites is 1. The predicted octanol–water partition coefficient (Wildman–Crippen LogP) is 3.66. The van der Waals surface area contributed by atoms with Crippen molar-refractivity contribution in [1.82, 2.24) is 0 Å². The van der Waals surface area contributed by atoms with Crippen LogP contribution in [0.15, 0.2) is 36.4 Å². The smallest absolute Gasteiger partial charge is 0.190 e. The molecule has 0 saturated heterocycles. The van der Waals surface area contributed by atoms with Crippen LogP contribution in [0.5, 0.6) is 5.75 Å². The second kappa shape index (κ2) is 6.01. The van der Waals surface area contributed by atoms with Gasteiger partial charge in [-0.25, -0.2) is 8.78 Å². The zero-order chi connectivity index (χ0) is 14.7. The molecule has 0 aliphatic rings. The van der Waals surface area contributed by atoms with Crippen molar-refractivity contribution in [3.05, 3.63) is 64.7 Å². The van der Waals surface area contributed by atoms with Crippen molar-refractivity contribution in [3.63, 3.8) is 0 Å². The Morgan fingerprint density at radius 3 is 2.15 bits per heavy atom. The van der Waals surface area contributed by atoms with Gasteiger partial charge in [-0.3, -0.25) is 0 Å². The summed E-state index contributed by atoms with van der Waals surface area (Å²) in [5.41, 5.74) is 9.08. The third kappa shape index (κ3) is 3.33. The van der Waals surface area contributed by atoms with Crippen LogP contribution in [0, 0.1) is 25.5 Å². The Balaban J connectivity index is 2.10. The molecule has 2 aromatic carbocycles. The van der Waals surface area contributed by atoms with E-state index in [-0.39, 0.29) is 12.4 Å². The minimum atomic E-state index is -0.724. The summed E-state index contributed by atoms with van der Waals surface area (Å²) in [5, 5.41) is 0. The van der Waals surface area contributed by atoms with Crippen LogP contribution < -0.4 is 10.5 Å². The highest BCUT2D eigenvalue weighted by atomic mass is 19.1. The van der Waals surface area contributed by atoms with Gasteiger partial charge in [0.1, 0.15) is 6.61 Å². The van der Waals surface area contributed by atoms with Crippen LogP contribution in [0.4, 0.5) is 8.78 Å². The Morgan fingerprint density at radius 1 is 1.05 bits per heavy atom. The monoisotopic (exact) mass is 277 g/mol. The summed E-state index contributed by atoms with van der Waals surface area (Å²) < 4.78 is 32.0. The molecule has 0 radical (unpaired) electrons. The van der Waals surface area contributed by atoms with E-state index in [4.69, 9.17) is 10.5 Å². The van der Waals surface area contributed by atoms with E-state index in [1.807, 2.05) is 32.0 Å². The maximum absolute atomic E-state index is 13.4. The van der Waals surface area contributed by atoms with Crippen molar-refractivity contribution in [3.8, 4) is 5.75 Å². The summed E-state index contributed by atoms with van der Waals surface area (Å²) >= 11 is 0. The van der Waals surface area contributed by atoms with E-state index in [1.54, 1.807) is 0 Å². The Morgan fingerprint density at radius 2 is 1.60 bits per heavy atom. The van der Waals surface area contributed by atoms with Gasteiger partial charge in [0.25, 0.3) is 0 Å². The van der Waals surface area contributed by atoms with Gasteiger partial charge in [-0.2, -0.15) is 0 Å². The van der Waals surface area contributed by atoms with Crippen LogP contribution in [0.2, 0.25) is 0 Å². The fourth-order valence-corrected chi connectivity index (χ4v) is 2.11. The molecule has 0 fully saturated rings. The Labute approximate surface area is 117 Å². The second-order valence-electron chi connectivity index (χ2n) is 4.89. The molecule has 0 amide bonds. The van der Waals surface area contributed by atoms with Gasteiger partial charge < -0.3 is 10.5 Å². The van der Waals surface area contributed by atoms with Gasteiger partial charge in [0.2, 0.25) is 0 Å². The molecule has 2 rings (SSSR count). The van der Waals surface area contributed by atoms with E-state index in [0.717, 1.165) is 28.8 Å². The number of halogens is 2. The molecule has 2 nitrogen and oxygen atoms in total. The average molecular weight is 277 g/mol. The molecular weight excluding hydrogens is 260 g/mol. The molecule has 0 aliphatic heterocycles. The number of hydrogen-bond acceptors (Lipinski definition) is 2. The van der Waals surface area contributed by atoms with Gasteiger partial charge in [-0.15, -0.1) is 0 Å². The fraction of sp³-hybridized carbons (Fsp3) is 0.250. The molecule has 106 valence electrons. The highest BCUT2D eigenvalue weighted by Gasteiger charge is 2.13. The SMILES string of the molecule is Cc1cc(C)cc(C(N)COc2c(F)cccc2F)c1. The van der Waals surface area contributed by atoms with Crippen molar-refractivity contribution in [2.75, 3.05) is 6.61 Å². The standard InChI is InChI=1S/C16H17F2NO/c1-10-6-11(2)8-12(7-10)15(19)9-20-16-13(17)4-3-5-14(16)18/h3-8,15H,9,19H2,1-2H3. The molecule has 4 heteroatoms. The third-order valence-corrected chi connectivity index (χ3v) is 3.00. The summed E-state index contributed by atoms with van der Waals surface area (Å²) in [6, 6.07) is 9.08. The molecule has 0 saturated carbocycles. The number of benzene rings is 2. The van der Waals surface area contributed by atoms with Crippen LogP contribution in [0.3, 0.4) is 0 Å². The Hall–Kier alpha value is -1.94. The molecule has 0 heterocycles. The topological polar surface area (TPSA) is 35.2 Å². The largest absolute Gasteiger partial charge is 0.486 e. The second-order valence-corrected chi connectivity index (χ2v) is 4.89. The zero-order valence-corrected chi connectivity index (χ0v) is 11.5. The van der Waals surface area contributed by atoms with E-state index < -0.39 is 17.7 Å². The van der Waals surface area contributed by atoms with Crippen molar-refractivity contribution < 1.29 is 13.5 Å². The van der Waals surface area contributed by atoms with Crippen LogP contribution in [0.1, 0.15) is 22.7 Å². The lowest BCUT2D eigenvalue weighted by atomic mass is 10.0. The van der Waals surface area contributed by atoms with Crippen molar-refractivity contribution in [2.45, 2.75) is 19.9 Å². The van der Waals surface area contributed by atoms with Gasteiger partial charge >= 0.3 is 0 Å². The molecule has 0 aromatic heterocycles.